The van der Waals surface area contributed by atoms with Crippen LogP contribution < -0.4 is 5.32 Å². The zero-order valence-electron chi connectivity index (χ0n) is 12.2. The molecule has 0 aliphatic rings. The highest BCUT2D eigenvalue weighted by atomic mass is 35.5. The van der Waals surface area contributed by atoms with Gasteiger partial charge in [0.25, 0.3) is 0 Å². The molecule has 0 aliphatic heterocycles. The molecule has 2 aromatic carbocycles. The van der Waals surface area contributed by atoms with Crippen LogP contribution in [0.15, 0.2) is 46.9 Å². The van der Waals surface area contributed by atoms with Crippen LogP contribution >= 0.6 is 11.6 Å². The van der Waals surface area contributed by atoms with Gasteiger partial charge in [0.05, 0.1) is 0 Å². The summed E-state index contributed by atoms with van der Waals surface area (Å²) < 4.78 is 5.99. The number of rotatable bonds is 4. The van der Waals surface area contributed by atoms with Gasteiger partial charge in [-0.25, -0.2) is 0 Å². The summed E-state index contributed by atoms with van der Waals surface area (Å²) in [6.07, 6.45) is 0. The molecule has 0 spiro atoms. The molecule has 0 amide bonds. The maximum Gasteiger partial charge on any atom is 0.137 e. The summed E-state index contributed by atoms with van der Waals surface area (Å²) in [6, 6.07) is 14.3. The molecule has 0 radical (unpaired) electrons. The average Bonchev–Trinajstić information content (AvgIpc) is 2.91. The number of furan rings is 1. The number of aryl methyl sites for hydroxylation is 1. The number of hydrogen-bond acceptors (Lipinski definition) is 2. The third-order valence-electron chi connectivity index (χ3n) is 3.64. The minimum atomic E-state index is 0.769. The highest BCUT2D eigenvalue weighted by molar-refractivity contribution is 6.31. The summed E-state index contributed by atoms with van der Waals surface area (Å²) in [4.78, 5) is 0. The Kier molecular flexibility index (Phi) is 4.00. The number of halogens is 1. The smallest absolute Gasteiger partial charge is 0.137 e. The lowest BCUT2D eigenvalue weighted by molar-refractivity contribution is 0.629. The Bertz CT molecular complexity index is 776. The maximum absolute atomic E-state index is 6.36. The molecule has 3 heteroatoms. The lowest BCUT2D eigenvalue weighted by Gasteiger charge is -2.06. The molecule has 1 aromatic heterocycles. The quantitative estimate of drug-likeness (QED) is 0.719. The fourth-order valence-corrected chi connectivity index (χ4v) is 2.70. The van der Waals surface area contributed by atoms with Crippen molar-refractivity contribution in [1.29, 1.82) is 0 Å². The summed E-state index contributed by atoms with van der Waals surface area (Å²) in [7, 11) is 0. The van der Waals surface area contributed by atoms with Gasteiger partial charge in [-0.15, -0.1) is 0 Å². The second kappa shape index (κ2) is 5.92. The number of para-hydroxylation sites is 1. The van der Waals surface area contributed by atoms with Gasteiger partial charge in [-0.2, -0.15) is 0 Å². The monoisotopic (exact) mass is 299 g/mol. The predicted molar refractivity (Wildman–Crippen MR) is 88.8 cm³/mol. The Morgan fingerprint density at radius 1 is 1.14 bits per heavy atom. The summed E-state index contributed by atoms with van der Waals surface area (Å²) in [5.74, 6) is 0.858. The number of benzene rings is 2. The van der Waals surface area contributed by atoms with Crippen molar-refractivity contribution >= 4 is 22.6 Å². The Labute approximate surface area is 129 Å². The average molecular weight is 300 g/mol. The van der Waals surface area contributed by atoms with Gasteiger partial charge < -0.3 is 9.73 Å². The molecule has 1 N–H and O–H groups in total. The van der Waals surface area contributed by atoms with E-state index in [-0.39, 0.29) is 0 Å². The van der Waals surface area contributed by atoms with Crippen molar-refractivity contribution in [3.8, 4) is 11.3 Å². The van der Waals surface area contributed by atoms with E-state index >= 15 is 0 Å². The van der Waals surface area contributed by atoms with Crippen LogP contribution in [-0.2, 0) is 6.54 Å². The first-order chi connectivity index (χ1) is 10.2. The molecule has 0 saturated carbocycles. The summed E-state index contributed by atoms with van der Waals surface area (Å²) in [5.41, 5.74) is 4.21. The van der Waals surface area contributed by atoms with Crippen molar-refractivity contribution in [3.63, 3.8) is 0 Å². The van der Waals surface area contributed by atoms with Crippen LogP contribution in [0.1, 0.15) is 18.1 Å². The minimum absolute atomic E-state index is 0.769. The van der Waals surface area contributed by atoms with E-state index in [0.29, 0.717) is 0 Å². The largest absolute Gasteiger partial charge is 0.456 e. The van der Waals surface area contributed by atoms with Gasteiger partial charge in [-0.05, 0) is 36.7 Å². The SMILES string of the molecule is CCNCc1ccc(-c2cc3cccc(C)c3o2)cc1Cl. The van der Waals surface area contributed by atoms with Crippen LogP contribution in [0.4, 0.5) is 0 Å². The van der Waals surface area contributed by atoms with Crippen molar-refractivity contribution in [2.24, 2.45) is 0 Å². The van der Waals surface area contributed by atoms with Crippen LogP contribution in [0.25, 0.3) is 22.3 Å². The zero-order valence-corrected chi connectivity index (χ0v) is 13.0. The second-order valence-corrected chi connectivity index (χ2v) is 5.60. The molecular weight excluding hydrogens is 282 g/mol. The fourth-order valence-electron chi connectivity index (χ4n) is 2.45. The van der Waals surface area contributed by atoms with E-state index in [9.17, 15) is 0 Å². The molecule has 0 bridgehead atoms. The van der Waals surface area contributed by atoms with Gasteiger partial charge >= 0.3 is 0 Å². The predicted octanol–water partition coefficient (Wildman–Crippen LogP) is 5.17. The minimum Gasteiger partial charge on any atom is -0.456 e. The number of nitrogens with one attached hydrogen (secondary N) is 1. The molecule has 3 aromatic rings. The molecule has 1 heterocycles. The molecule has 0 unspecified atom stereocenters. The molecule has 0 fully saturated rings. The van der Waals surface area contributed by atoms with E-state index in [1.807, 2.05) is 12.1 Å². The maximum atomic E-state index is 6.36. The summed E-state index contributed by atoms with van der Waals surface area (Å²) >= 11 is 6.36. The molecule has 0 aliphatic carbocycles. The fraction of sp³-hybridized carbons (Fsp3) is 0.222. The van der Waals surface area contributed by atoms with Crippen LogP contribution in [0.3, 0.4) is 0 Å². The normalized spacial score (nSPS) is 11.2. The molecule has 108 valence electrons. The van der Waals surface area contributed by atoms with Gasteiger partial charge in [0.2, 0.25) is 0 Å². The molecule has 0 atom stereocenters. The molecule has 3 rings (SSSR count). The highest BCUT2D eigenvalue weighted by Crippen LogP contribution is 2.31. The van der Waals surface area contributed by atoms with E-state index in [1.54, 1.807) is 0 Å². The summed E-state index contributed by atoms with van der Waals surface area (Å²) in [5, 5.41) is 5.18. The topological polar surface area (TPSA) is 25.2 Å². The Morgan fingerprint density at radius 3 is 2.71 bits per heavy atom. The van der Waals surface area contributed by atoms with E-state index in [1.165, 1.54) is 0 Å². The van der Waals surface area contributed by atoms with Crippen LogP contribution in [0.5, 0.6) is 0 Å². The van der Waals surface area contributed by atoms with Crippen molar-refractivity contribution < 1.29 is 4.42 Å². The van der Waals surface area contributed by atoms with Crippen molar-refractivity contribution in [1.82, 2.24) is 5.32 Å². The molecule has 2 nitrogen and oxygen atoms in total. The molecular formula is C18H18ClNO. The van der Waals surface area contributed by atoms with Gasteiger partial charge in [-0.3, -0.25) is 0 Å². The lowest BCUT2D eigenvalue weighted by atomic mass is 10.1. The third kappa shape index (κ3) is 2.82. The van der Waals surface area contributed by atoms with E-state index in [0.717, 1.165) is 51.5 Å². The first-order valence-corrected chi connectivity index (χ1v) is 7.55. The number of hydrogen-bond donors (Lipinski definition) is 1. The molecule has 0 saturated heterocycles. The standard InChI is InChI=1S/C18H18ClNO/c1-3-20-11-15-8-7-13(9-16(15)19)17-10-14-6-4-5-12(2)18(14)21-17/h4-10,20H,3,11H2,1-2H3. The van der Waals surface area contributed by atoms with E-state index in [4.69, 9.17) is 16.0 Å². The zero-order chi connectivity index (χ0) is 14.8. The first kappa shape index (κ1) is 14.2. The number of fused-ring (bicyclic) bond motifs is 1. The van der Waals surface area contributed by atoms with Crippen LogP contribution in [0.2, 0.25) is 5.02 Å². The highest BCUT2D eigenvalue weighted by Gasteiger charge is 2.09. The van der Waals surface area contributed by atoms with E-state index < -0.39 is 0 Å². The Balaban J connectivity index is 1.98. The van der Waals surface area contributed by atoms with Crippen molar-refractivity contribution in [2.45, 2.75) is 20.4 Å². The molecule has 21 heavy (non-hydrogen) atoms. The van der Waals surface area contributed by atoms with Gasteiger partial charge in [0.15, 0.2) is 0 Å². The third-order valence-corrected chi connectivity index (χ3v) is 4.00. The second-order valence-electron chi connectivity index (χ2n) is 5.19. The summed E-state index contributed by atoms with van der Waals surface area (Å²) in [6.45, 7) is 5.86. The lowest BCUT2D eigenvalue weighted by Crippen LogP contribution is -2.11. The van der Waals surface area contributed by atoms with Crippen LogP contribution in [-0.4, -0.2) is 6.54 Å². The van der Waals surface area contributed by atoms with Crippen molar-refractivity contribution in [2.75, 3.05) is 6.54 Å². The van der Waals surface area contributed by atoms with Crippen molar-refractivity contribution in [3.05, 3.63) is 58.6 Å². The Morgan fingerprint density at radius 2 is 2.00 bits per heavy atom. The van der Waals surface area contributed by atoms with E-state index in [2.05, 4.69) is 49.5 Å². The van der Waals surface area contributed by atoms with Gasteiger partial charge in [0.1, 0.15) is 11.3 Å². The van der Waals surface area contributed by atoms with Gasteiger partial charge in [0, 0.05) is 22.5 Å². The first-order valence-electron chi connectivity index (χ1n) is 7.17. The van der Waals surface area contributed by atoms with Crippen LogP contribution in [0, 0.1) is 6.92 Å². The Hall–Kier alpha value is -1.77. The van der Waals surface area contributed by atoms with Gasteiger partial charge in [-0.1, -0.05) is 48.9 Å².